The molecule has 1 aromatic rings. The van der Waals surface area contributed by atoms with Crippen LogP contribution in [0.15, 0.2) is 24.3 Å². The molecule has 0 aromatic heterocycles. The van der Waals surface area contributed by atoms with E-state index in [9.17, 15) is 18.0 Å². The monoisotopic (exact) mass is 467 g/mol. The fourth-order valence-corrected chi connectivity index (χ4v) is 5.13. The summed E-state index contributed by atoms with van der Waals surface area (Å²) >= 11 is 0. The highest BCUT2D eigenvalue weighted by Crippen LogP contribution is 2.15. The maximum Gasteiger partial charge on any atom is 0.317 e. The number of rotatable bonds is 8. The minimum atomic E-state index is -3.40. The summed E-state index contributed by atoms with van der Waals surface area (Å²) in [4.78, 5) is 28.5. The number of amides is 3. The van der Waals surface area contributed by atoms with E-state index >= 15 is 0 Å². The fraction of sp³-hybridized carbons (Fsp3) is 0.619. The van der Waals surface area contributed by atoms with Crippen LogP contribution in [-0.4, -0.2) is 106 Å². The molecular formula is C21H33N5O5S. The number of hydrogen-bond acceptors (Lipinski definition) is 6. The van der Waals surface area contributed by atoms with Crippen LogP contribution in [0, 0.1) is 0 Å². The van der Waals surface area contributed by atoms with Crippen LogP contribution in [0.5, 0.6) is 0 Å². The molecule has 0 atom stereocenters. The van der Waals surface area contributed by atoms with E-state index in [-0.39, 0.29) is 30.8 Å². The van der Waals surface area contributed by atoms with Crippen molar-refractivity contribution in [3.8, 4) is 0 Å². The summed E-state index contributed by atoms with van der Waals surface area (Å²) in [7, 11) is -3.40. The molecule has 2 N–H and O–H groups in total. The van der Waals surface area contributed by atoms with Gasteiger partial charge in [-0.3, -0.25) is 9.69 Å². The van der Waals surface area contributed by atoms with E-state index in [1.807, 2.05) is 36.1 Å². The van der Waals surface area contributed by atoms with E-state index in [2.05, 4.69) is 10.6 Å². The highest BCUT2D eigenvalue weighted by atomic mass is 32.2. The molecule has 178 valence electrons. The van der Waals surface area contributed by atoms with Crippen LogP contribution in [0.3, 0.4) is 0 Å². The number of morpholine rings is 1. The zero-order valence-corrected chi connectivity index (χ0v) is 19.4. The second-order valence-electron chi connectivity index (χ2n) is 7.88. The first kappa shape index (κ1) is 24.4. The second kappa shape index (κ2) is 11.6. The quantitative estimate of drug-likeness (QED) is 0.564. The average molecular weight is 468 g/mol. The van der Waals surface area contributed by atoms with E-state index < -0.39 is 10.0 Å². The van der Waals surface area contributed by atoms with Crippen molar-refractivity contribution in [1.29, 1.82) is 0 Å². The number of nitrogens with zero attached hydrogens (tertiary/aromatic N) is 3. The summed E-state index contributed by atoms with van der Waals surface area (Å²) in [5, 5.41) is 5.67. The van der Waals surface area contributed by atoms with Crippen LogP contribution < -0.4 is 10.6 Å². The molecule has 0 radical (unpaired) electrons. The molecule has 2 saturated heterocycles. The van der Waals surface area contributed by atoms with Crippen LogP contribution in [0.2, 0.25) is 0 Å². The predicted molar refractivity (Wildman–Crippen MR) is 122 cm³/mol. The van der Waals surface area contributed by atoms with Crippen molar-refractivity contribution < 1.29 is 22.7 Å². The number of carbonyl (C=O) groups is 2. The Morgan fingerprint density at radius 2 is 1.72 bits per heavy atom. The Kier molecular flexibility index (Phi) is 8.85. The van der Waals surface area contributed by atoms with Gasteiger partial charge in [0.05, 0.1) is 25.5 Å². The van der Waals surface area contributed by atoms with Crippen molar-refractivity contribution in [2.75, 3.05) is 76.6 Å². The van der Waals surface area contributed by atoms with E-state index in [0.717, 1.165) is 17.7 Å². The second-order valence-corrected chi connectivity index (χ2v) is 9.97. The first-order chi connectivity index (χ1) is 15.4. The molecular weight excluding hydrogens is 434 g/mol. The van der Waals surface area contributed by atoms with Gasteiger partial charge in [-0.05, 0) is 18.1 Å². The SMILES string of the molecule is CCc1ccccc1NC(=O)CN1CCN(C(=O)NCCS(=O)(=O)N2CCOCC2)CC1. The zero-order chi connectivity index (χ0) is 23.0. The van der Waals surface area contributed by atoms with Gasteiger partial charge in [0.25, 0.3) is 0 Å². The number of hydrogen-bond donors (Lipinski definition) is 2. The Labute approximate surface area is 189 Å². The first-order valence-electron chi connectivity index (χ1n) is 11.1. The summed E-state index contributed by atoms with van der Waals surface area (Å²) in [6, 6.07) is 7.48. The lowest BCUT2D eigenvalue weighted by molar-refractivity contribution is -0.117. The number of sulfonamides is 1. The van der Waals surface area contributed by atoms with E-state index in [0.29, 0.717) is 52.5 Å². The Balaban J connectivity index is 1.36. The highest BCUT2D eigenvalue weighted by Gasteiger charge is 2.26. The van der Waals surface area contributed by atoms with E-state index in [1.54, 1.807) is 4.90 Å². The largest absolute Gasteiger partial charge is 0.379 e. The van der Waals surface area contributed by atoms with Gasteiger partial charge in [0.1, 0.15) is 0 Å². The fourth-order valence-electron chi connectivity index (χ4n) is 3.81. The van der Waals surface area contributed by atoms with Crippen LogP contribution >= 0.6 is 0 Å². The lowest BCUT2D eigenvalue weighted by Crippen LogP contribution is -2.53. The third-order valence-electron chi connectivity index (χ3n) is 5.70. The molecule has 2 fully saturated rings. The van der Waals surface area contributed by atoms with Gasteiger partial charge in [-0.25, -0.2) is 13.2 Å². The van der Waals surface area contributed by atoms with Crippen LogP contribution in [0.1, 0.15) is 12.5 Å². The molecule has 3 amide bonds. The van der Waals surface area contributed by atoms with Gasteiger partial charge in [-0.1, -0.05) is 25.1 Å². The van der Waals surface area contributed by atoms with Gasteiger partial charge < -0.3 is 20.3 Å². The van der Waals surface area contributed by atoms with Gasteiger partial charge in [-0.15, -0.1) is 0 Å². The first-order valence-corrected chi connectivity index (χ1v) is 12.7. The van der Waals surface area contributed by atoms with Crippen LogP contribution in [-0.2, 0) is 26.0 Å². The zero-order valence-electron chi connectivity index (χ0n) is 18.6. The minimum Gasteiger partial charge on any atom is -0.379 e. The lowest BCUT2D eigenvalue weighted by Gasteiger charge is -2.34. The Hall–Kier alpha value is -2.21. The number of carbonyl (C=O) groups excluding carboxylic acids is 2. The van der Waals surface area contributed by atoms with Crippen molar-refractivity contribution in [3.63, 3.8) is 0 Å². The van der Waals surface area contributed by atoms with Crippen molar-refractivity contribution in [1.82, 2.24) is 19.4 Å². The van der Waals surface area contributed by atoms with E-state index in [4.69, 9.17) is 4.74 Å². The molecule has 0 spiro atoms. The molecule has 3 rings (SSSR count). The number of para-hydroxylation sites is 1. The predicted octanol–water partition coefficient (Wildman–Crippen LogP) is 0.177. The van der Waals surface area contributed by atoms with Crippen LogP contribution in [0.4, 0.5) is 10.5 Å². The number of anilines is 1. The Bertz CT molecular complexity index is 880. The smallest absolute Gasteiger partial charge is 0.317 e. The summed E-state index contributed by atoms with van der Waals surface area (Å²) < 4.78 is 31.2. The maximum atomic E-state index is 12.4. The molecule has 11 heteroatoms. The van der Waals surface area contributed by atoms with E-state index in [1.165, 1.54) is 4.31 Å². The Morgan fingerprint density at radius 3 is 2.41 bits per heavy atom. The molecule has 1 aromatic carbocycles. The van der Waals surface area contributed by atoms with Crippen molar-refractivity contribution in [2.24, 2.45) is 0 Å². The van der Waals surface area contributed by atoms with Gasteiger partial charge in [0.15, 0.2) is 0 Å². The number of benzene rings is 1. The molecule has 0 unspecified atom stereocenters. The number of urea groups is 1. The van der Waals surface area contributed by atoms with Crippen molar-refractivity contribution in [3.05, 3.63) is 29.8 Å². The van der Waals surface area contributed by atoms with Crippen molar-refractivity contribution in [2.45, 2.75) is 13.3 Å². The summed E-state index contributed by atoms with van der Waals surface area (Å²) in [5.41, 5.74) is 1.93. The lowest BCUT2D eigenvalue weighted by atomic mass is 10.1. The molecule has 0 aliphatic carbocycles. The van der Waals surface area contributed by atoms with Crippen molar-refractivity contribution >= 4 is 27.6 Å². The number of piperazine rings is 1. The molecule has 0 bridgehead atoms. The normalized spacial score (nSPS) is 18.3. The van der Waals surface area contributed by atoms with Gasteiger partial charge in [-0.2, -0.15) is 4.31 Å². The molecule has 2 heterocycles. The topological polar surface area (TPSA) is 111 Å². The van der Waals surface area contributed by atoms with Crippen LogP contribution in [0.25, 0.3) is 0 Å². The molecule has 32 heavy (non-hydrogen) atoms. The Morgan fingerprint density at radius 1 is 1.03 bits per heavy atom. The molecule has 0 saturated carbocycles. The average Bonchev–Trinajstić information content (AvgIpc) is 2.80. The third kappa shape index (κ3) is 6.89. The van der Waals surface area contributed by atoms with Gasteiger partial charge in [0, 0.05) is 51.5 Å². The maximum absolute atomic E-state index is 12.4. The summed E-state index contributed by atoms with van der Waals surface area (Å²) in [6.45, 7) is 6.05. The summed E-state index contributed by atoms with van der Waals surface area (Å²) in [6.07, 6.45) is 0.845. The highest BCUT2D eigenvalue weighted by molar-refractivity contribution is 7.89. The molecule has 10 nitrogen and oxygen atoms in total. The summed E-state index contributed by atoms with van der Waals surface area (Å²) in [5.74, 6) is -0.199. The minimum absolute atomic E-state index is 0.0674. The standard InChI is InChI=1S/C21H33N5O5S/c1-2-18-5-3-4-6-19(18)23-20(27)17-24-8-10-25(11-9-24)21(28)22-7-16-32(29,30)26-12-14-31-15-13-26/h3-6H,2,7-17H2,1H3,(H,22,28)(H,23,27). The van der Waals surface area contributed by atoms with Gasteiger partial charge >= 0.3 is 6.03 Å². The molecule has 2 aliphatic rings. The van der Waals surface area contributed by atoms with Gasteiger partial charge in [0.2, 0.25) is 15.9 Å². The number of nitrogens with one attached hydrogen (secondary N) is 2. The third-order valence-corrected chi connectivity index (χ3v) is 7.57. The molecule has 2 aliphatic heterocycles. The number of ether oxygens (including phenoxy) is 1. The number of aryl methyl sites for hydroxylation is 1.